The van der Waals surface area contributed by atoms with Gasteiger partial charge in [0.15, 0.2) is 0 Å². The Morgan fingerprint density at radius 1 is 0.911 bits per heavy atom. The lowest BCUT2D eigenvalue weighted by Crippen LogP contribution is -2.53. The number of fused-ring (bicyclic) bond motifs is 2. The van der Waals surface area contributed by atoms with Gasteiger partial charge in [0.25, 0.3) is 0 Å². The normalized spacial score (nSPS) is 24.0. The lowest BCUT2D eigenvalue weighted by molar-refractivity contribution is -0.145. The molecule has 4 fully saturated rings. The number of nitrogens with one attached hydrogen (secondary N) is 3. The van der Waals surface area contributed by atoms with Crippen LogP contribution in [-0.2, 0) is 38.7 Å². The van der Waals surface area contributed by atoms with E-state index in [0.717, 1.165) is 32.1 Å². The van der Waals surface area contributed by atoms with Gasteiger partial charge in [-0.05, 0) is 115 Å². The van der Waals surface area contributed by atoms with E-state index in [4.69, 9.17) is 9.47 Å². The monoisotopic (exact) mass is 811 g/mol. The van der Waals surface area contributed by atoms with Gasteiger partial charge in [-0.1, -0.05) is 13.8 Å². The molecular weight excluding hydrogens is 747 g/mol. The van der Waals surface area contributed by atoms with Crippen LogP contribution in [0.1, 0.15) is 112 Å². The van der Waals surface area contributed by atoms with Crippen molar-refractivity contribution in [3.05, 3.63) is 0 Å². The van der Waals surface area contributed by atoms with Crippen molar-refractivity contribution in [2.45, 2.75) is 124 Å². The van der Waals surface area contributed by atoms with Gasteiger partial charge in [-0.2, -0.15) is 4.72 Å². The van der Waals surface area contributed by atoms with Gasteiger partial charge in [0.2, 0.25) is 21.8 Å². The van der Waals surface area contributed by atoms with Crippen LogP contribution in [0.5, 0.6) is 0 Å². The average molecular weight is 812 g/mol. The summed E-state index contributed by atoms with van der Waals surface area (Å²) >= 11 is 0. The smallest absolute Gasteiger partial charge is 0.410 e. The molecule has 0 aromatic heterocycles. The lowest BCUT2D eigenvalue weighted by atomic mass is 9.70. The molecule has 318 valence electrons. The summed E-state index contributed by atoms with van der Waals surface area (Å²) in [7, 11) is -4.16. The maximum atomic E-state index is 13.6. The second-order valence-corrected chi connectivity index (χ2v) is 19.6. The Hall–Kier alpha value is -3.47. The SMILES string of the molecule is CCOC(=O)[C@H](CNC(=O)CNC(=O)C(CCC1CCN(C(=O)O)CC1)CCC1CCN(C(=O)OC(C)(C)C)CC1)NS(=O)(=O)CC12CCC(CC1=O)C2(C)C. The number of carboxylic acid groups (broad SMARTS) is 1. The predicted octanol–water partition coefficient (Wildman–Crippen LogP) is 3.68. The number of piperidine rings is 2. The van der Waals surface area contributed by atoms with Gasteiger partial charge in [0.05, 0.1) is 18.9 Å². The van der Waals surface area contributed by atoms with Gasteiger partial charge in [0, 0.05) is 50.5 Å². The molecule has 4 N–H and O–H groups in total. The number of hydrogen-bond donors (Lipinski definition) is 4. The number of esters is 1. The van der Waals surface area contributed by atoms with E-state index in [1.54, 1.807) is 11.8 Å². The summed E-state index contributed by atoms with van der Waals surface area (Å²) in [6.07, 6.45) is 5.94. The molecular formula is C39H65N5O11S. The second kappa shape index (κ2) is 18.9. The van der Waals surface area contributed by atoms with Crippen molar-refractivity contribution in [2.24, 2.45) is 34.5 Å². The lowest BCUT2D eigenvalue weighted by Gasteiger charge is -2.36. The van der Waals surface area contributed by atoms with Crippen LogP contribution in [0.3, 0.4) is 0 Å². The number of carbonyl (C=O) groups excluding carboxylic acids is 5. The molecule has 2 aliphatic heterocycles. The van der Waals surface area contributed by atoms with E-state index < -0.39 is 75.2 Å². The van der Waals surface area contributed by atoms with E-state index in [2.05, 4.69) is 15.4 Å². The topological polar surface area (TPSA) is 218 Å². The zero-order valence-corrected chi connectivity index (χ0v) is 35.0. The fourth-order valence-corrected chi connectivity index (χ4v) is 11.1. The first-order valence-electron chi connectivity index (χ1n) is 20.4. The largest absolute Gasteiger partial charge is 0.465 e. The molecule has 0 radical (unpaired) electrons. The number of likely N-dealkylation sites (tertiary alicyclic amines) is 2. The van der Waals surface area contributed by atoms with Gasteiger partial charge in [-0.3, -0.25) is 19.2 Å². The van der Waals surface area contributed by atoms with E-state index >= 15 is 0 Å². The van der Waals surface area contributed by atoms with Crippen LogP contribution >= 0.6 is 0 Å². The Kier molecular flexibility index (Phi) is 15.2. The maximum Gasteiger partial charge on any atom is 0.410 e. The highest BCUT2D eigenvalue weighted by atomic mass is 32.2. The first-order valence-corrected chi connectivity index (χ1v) is 22.0. The highest BCUT2D eigenvalue weighted by Gasteiger charge is 2.65. The van der Waals surface area contributed by atoms with Crippen LogP contribution in [0.25, 0.3) is 0 Å². The van der Waals surface area contributed by atoms with Gasteiger partial charge < -0.3 is 35.0 Å². The van der Waals surface area contributed by atoms with Crippen molar-refractivity contribution in [3.63, 3.8) is 0 Å². The number of ether oxygens (including phenoxy) is 2. The Labute approximate surface area is 332 Å². The van der Waals surface area contributed by atoms with Crippen LogP contribution in [0.4, 0.5) is 9.59 Å². The molecule has 16 nitrogen and oxygen atoms in total. The molecule has 3 unspecified atom stereocenters. The van der Waals surface area contributed by atoms with Gasteiger partial charge in [-0.25, -0.2) is 18.0 Å². The number of Topliss-reactive ketones (excluding diaryl/α,β-unsaturated/α-hetero) is 1. The van der Waals surface area contributed by atoms with E-state index in [1.807, 2.05) is 34.6 Å². The molecule has 4 atom stereocenters. The Bertz CT molecular complexity index is 1550. The summed E-state index contributed by atoms with van der Waals surface area (Å²) in [6.45, 7) is 12.1. The van der Waals surface area contributed by atoms with Crippen LogP contribution in [-0.4, -0.2) is 122 Å². The fourth-order valence-electron chi connectivity index (χ4n) is 9.12. The number of amides is 4. The molecule has 0 aromatic rings. The Morgan fingerprint density at radius 3 is 1.96 bits per heavy atom. The van der Waals surface area contributed by atoms with E-state index in [-0.39, 0.29) is 36.2 Å². The minimum atomic E-state index is -4.16. The number of hydrogen-bond acceptors (Lipinski definition) is 10. The van der Waals surface area contributed by atoms with Gasteiger partial charge in [0.1, 0.15) is 17.4 Å². The third-order valence-corrected chi connectivity index (χ3v) is 14.3. The minimum absolute atomic E-state index is 0.0128. The summed E-state index contributed by atoms with van der Waals surface area (Å²) in [5, 5.41) is 14.6. The van der Waals surface area contributed by atoms with E-state index in [1.165, 1.54) is 4.90 Å². The van der Waals surface area contributed by atoms with Crippen molar-refractivity contribution in [1.82, 2.24) is 25.2 Å². The quantitative estimate of drug-likeness (QED) is 0.155. The summed E-state index contributed by atoms with van der Waals surface area (Å²) in [5.74, 6) is -2.02. The number of sulfonamides is 1. The van der Waals surface area contributed by atoms with Crippen LogP contribution in [0, 0.1) is 34.5 Å². The van der Waals surface area contributed by atoms with Crippen molar-refractivity contribution < 1.29 is 51.8 Å². The highest BCUT2D eigenvalue weighted by molar-refractivity contribution is 7.89. The first-order chi connectivity index (χ1) is 26.2. The third-order valence-electron chi connectivity index (χ3n) is 12.8. The van der Waals surface area contributed by atoms with E-state index in [0.29, 0.717) is 70.6 Å². The molecule has 4 rings (SSSR count). The molecule has 2 saturated heterocycles. The predicted molar refractivity (Wildman–Crippen MR) is 207 cm³/mol. The van der Waals surface area contributed by atoms with Crippen molar-refractivity contribution in [1.29, 1.82) is 0 Å². The molecule has 17 heteroatoms. The second-order valence-electron chi connectivity index (χ2n) is 17.8. The summed E-state index contributed by atoms with van der Waals surface area (Å²) < 4.78 is 39.9. The molecule has 2 heterocycles. The molecule has 56 heavy (non-hydrogen) atoms. The average Bonchev–Trinajstić information content (AvgIpc) is 3.46. The van der Waals surface area contributed by atoms with Gasteiger partial charge in [-0.15, -0.1) is 0 Å². The maximum absolute atomic E-state index is 13.6. The molecule has 2 bridgehead atoms. The van der Waals surface area contributed by atoms with Crippen LogP contribution < -0.4 is 15.4 Å². The number of rotatable bonds is 17. The van der Waals surface area contributed by atoms with Crippen molar-refractivity contribution in [2.75, 3.05) is 51.6 Å². The minimum Gasteiger partial charge on any atom is -0.465 e. The standard InChI is InChI=1S/C39H65N5O11S/c1-7-54-34(48)30(42-56(52,53)25-39-17-12-29(22-31(39)45)38(39,5)6)23-40-32(46)24-41-33(47)28(10-8-26-13-18-43(19-14-26)35(49)50)11-9-27-15-20-44(21-16-27)36(51)55-37(2,3)4/h26-30,42H,7-25H2,1-6H3,(H,40,46)(H,41,47)(H,49,50)/t28?,29?,30-,39?/m0/s1. The third kappa shape index (κ3) is 11.8. The number of nitrogens with zero attached hydrogens (tertiary/aromatic N) is 2. The molecule has 2 saturated carbocycles. The van der Waals surface area contributed by atoms with Crippen LogP contribution in [0.2, 0.25) is 0 Å². The van der Waals surface area contributed by atoms with Gasteiger partial charge >= 0.3 is 18.2 Å². The molecule has 0 aromatic carbocycles. The van der Waals surface area contributed by atoms with Crippen LogP contribution in [0.15, 0.2) is 0 Å². The fraction of sp³-hybridized carbons (Fsp3) is 0.846. The molecule has 2 aliphatic carbocycles. The summed E-state index contributed by atoms with van der Waals surface area (Å²) in [6, 6.07) is -1.44. The summed E-state index contributed by atoms with van der Waals surface area (Å²) in [5.41, 5.74) is -2.12. The first kappa shape index (κ1) is 45.2. The zero-order chi connectivity index (χ0) is 41.5. The highest BCUT2D eigenvalue weighted by Crippen LogP contribution is 2.64. The molecule has 4 amide bonds. The van der Waals surface area contributed by atoms with Crippen molar-refractivity contribution in [3.8, 4) is 0 Å². The summed E-state index contributed by atoms with van der Waals surface area (Å²) in [4.78, 5) is 79.5. The Balaban J connectivity index is 1.31. The number of ketones is 1. The molecule has 4 aliphatic rings. The van der Waals surface area contributed by atoms with Crippen molar-refractivity contribution >= 4 is 45.8 Å². The Morgan fingerprint density at radius 2 is 1.48 bits per heavy atom. The van der Waals surface area contributed by atoms with E-state index in [9.17, 15) is 42.3 Å². The number of carbonyl (C=O) groups is 6. The zero-order valence-electron chi connectivity index (χ0n) is 34.2. The molecule has 0 spiro atoms.